The van der Waals surface area contributed by atoms with Gasteiger partial charge in [-0.15, -0.1) is 0 Å². The molecule has 0 aliphatic carbocycles. The van der Waals surface area contributed by atoms with Crippen LogP contribution in [0.5, 0.6) is 0 Å². The van der Waals surface area contributed by atoms with Crippen molar-refractivity contribution in [2.75, 3.05) is 11.9 Å². The average molecular weight is 189 g/mol. The molecule has 0 spiro atoms. The van der Waals surface area contributed by atoms with Gasteiger partial charge in [0.25, 0.3) is 0 Å². The zero-order chi connectivity index (χ0) is 10.1. The van der Waals surface area contributed by atoms with E-state index in [9.17, 15) is 4.79 Å². The molecule has 1 aromatic rings. The molecule has 0 fully saturated rings. The minimum Gasteiger partial charge on any atom is -0.384 e. The number of hydrogen-bond donors (Lipinski definition) is 1. The van der Waals surface area contributed by atoms with Gasteiger partial charge in [-0.1, -0.05) is 0 Å². The predicted octanol–water partition coefficient (Wildman–Crippen LogP) is 2.69. The van der Waals surface area contributed by atoms with Gasteiger partial charge in [0.15, 0.2) is 5.78 Å². The van der Waals surface area contributed by atoms with E-state index in [1.807, 2.05) is 13.0 Å². The van der Waals surface area contributed by atoms with Crippen molar-refractivity contribution in [1.29, 1.82) is 0 Å². The van der Waals surface area contributed by atoms with E-state index in [2.05, 4.69) is 18.3 Å². The number of fused-ring (bicyclic) bond motifs is 1. The van der Waals surface area contributed by atoms with E-state index in [1.165, 1.54) is 11.1 Å². The molecule has 0 saturated carbocycles. The Morgan fingerprint density at radius 2 is 1.93 bits per heavy atom. The van der Waals surface area contributed by atoms with E-state index < -0.39 is 0 Å². The van der Waals surface area contributed by atoms with Crippen LogP contribution in [0.15, 0.2) is 12.1 Å². The van der Waals surface area contributed by atoms with Gasteiger partial charge in [0.2, 0.25) is 0 Å². The Morgan fingerprint density at radius 3 is 2.71 bits per heavy atom. The molecule has 1 aliphatic rings. The highest BCUT2D eigenvalue weighted by molar-refractivity contribution is 6.02. The van der Waals surface area contributed by atoms with E-state index in [0.29, 0.717) is 6.42 Å². The van der Waals surface area contributed by atoms with Crippen LogP contribution in [0.2, 0.25) is 0 Å². The largest absolute Gasteiger partial charge is 0.384 e. The topological polar surface area (TPSA) is 29.1 Å². The van der Waals surface area contributed by atoms with Gasteiger partial charge in [-0.25, -0.2) is 0 Å². The highest BCUT2D eigenvalue weighted by Crippen LogP contribution is 2.24. The molecule has 0 amide bonds. The maximum absolute atomic E-state index is 11.7. The molecule has 1 N–H and O–H groups in total. The summed E-state index contributed by atoms with van der Waals surface area (Å²) in [5, 5.41) is 3.30. The molecule has 1 aromatic carbocycles. The van der Waals surface area contributed by atoms with Crippen molar-refractivity contribution in [2.24, 2.45) is 0 Å². The highest BCUT2D eigenvalue weighted by Gasteiger charge is 2.15. The summed E-state index contributed by atoms with van der Waals surface area (Å²) in [4.78, 5) is 11.7. The molecule has 0 unspecified atom stereocenters. The zero-order valence-electron chi connectivity index (χ0n) is 8.68. The first-order valence-electron chi connectivity index (χ1n) is 5.07. The number of benzene rings is 1. The summed E-state index contributed by atoms with van der Waals surface area (Å²) >= 11 is 0. The molecule has 0 radical (unpaired) electrons. The summed E-state index contributed by atoms with van der Waals surface area (Å²) in [6, 6.07) is 4.08. The molecule has 1 aliphatic heterocycles. The zero-order valence-corrected chi connectivity index (χ0v) is 8.68. The number of ketones is 1. The van der Waals surface area contributed by atoms with Gasteiger partial charge in [-0.05, 0) is 43.5 Å². The lowest BCUT2D eigenvalue weighted by molar-refractivity contribution is 0.0983. The lowest BCUT2D eigenvalue weighted by Gasteiger charge is -2.09. The summed E-state index contributed by atoms with van der Waals surface area (Å²) in [7, 11) is 0. The maximum atomic E-state index is 11.7. The molecule has 14 heavy (non-hydrogen) atoms. The fraction of sp³-hybridized carbons (Fsp3) is 0.417. The van der Waals surface area contributed by atoms with E-state index >= 15 is 0 Å². The van der Waals surface area contributed by atoms with Crippen LogP contribution in [-0.4, -0.2) is 12.3 Å². The quantitative estimate of drug-likeness (QED) is 0.679. The van der Waals surface area contributed by atoms with E-state index in [0.717, 1.165) is 24.2 Å². The Morgan fingerprint density at radius 1 is 1.21 bits per heavy atom. The molecule has 0 bridgehead atoms. The smallest absolute Gasteiger partial charge is 0.165 e. The summed E-state index contributed by atoms with van der Waals surface area (Å²) in [6.45, 7) is 5.03. The second-order valence-electron chi connectivity index (χ2n) is 3.94. The molecule has 74 valence electrons. The summed E-state index contributed by atoms with van der Waals surface area (Å²) < 4.78 is 0. The third-order valence-corrected chi connectivity index (χ3v) is 2.83. The number of anilines is 1. The van der Waals surface area contributed by atoms with Crippen LogP contribution in [0.25, 0.3) is 0 Å². The molecule has 0 saturated heterocycles. The Bertz CT molecular complexity index is 382. The van der Waals surface area contributed by atoms with E-state index in [1.54, 1.807) is 0 Å². The lowest BCUT2D eigenvalue weighted by atomic mass is 10.0. The van der Waals surface area contributed by atoms with Gasteiger partial charge in [0.05, 0.1) is 0 Å². The first-order chi connectivity index (χ1) is 6.68. The van der Waals surface area contributed by atoms with Crippen LogP contribution in [-0.2, 0) is 0 Å². The van der Waals surface area contributed by atoms with Crippen molar-refractivity contribution in [3.63, 3.8) is 0 Å². The number of aryl methyl sites for hydroxylation is 2. The van der Waals surface area contributed by atoms with Gasteiger partial charge >= 0.3 is 0 Å². The molecule has 1 heterocycles. The number of rotatable bonds is 0. The molecule has 2 heteroatoms. The molecule has 0 atom stereocenters. The SMILES string of the molecule is Cc1cc2c(cc1C)C(=O)CCCN2. The fourth-order valence-corrected chi connectivity index (χ4v) is 1.80. The van der Waals surface area contributed by atoms with Crippen LogP contribution < -0.4 is 5.32 Å². The second kappa shape index (κ2) is 3.45. The fourth-order valence-electron chi connectivity index (χ4n) is 1.80. The van der Waals surface area contributed by atoms with Crippen LogP contribution in [0, 0.1) is 13.8 Å². The van der Waals surface area contributed by atoms with E-state index in [-0.39, 0.29) is 5.78 Å². The van der Waals surface area contributed by atoms with Gasteiger partial charge in [0, 0.05) is 24.2 Å². The van der Waals surface area contributed by atoms with Crippen molar-refractivity contribution in [3.8, 4) is 0 Å². The Hall–Kier alpha value is -1.31. The van der Waals surface area contributed by atoms with Crippen molar-refractivity contribution in [1.82, 2.24) is 0 Å². The minimum atomic E-state index is 0.271. The number of nitrogens with one attached hydrogen (secondary N) is 1. The van der Waals surface area contributed by atoms with Gasteiger partial charge in [-0.3, -0.25) is 4.79 Å². The Labute approximate surface area is 84.3 Å². The minimum absolute atomic E-state index is 0.271. The third-order valence-electron chi connectivity index (χ3n) is 2.83. The normalized spacial score (nSPS) is 15.7. The Balaban J connectivity index is 2.54. The molecule has 2 rings (SSSR count). The Kier molecular flexibility index (Phi) is 2.28. The van der Waals surface area contributed by atoms with Crippen molar-refractivity contribution >= 4 is 11.5 Å². The highest BCUT2D eigenvalue weighted by atomic mass is 16.1. The lowest BCUT2D eigenvalue weighted by Crippen LogP contribution is -2.02. The number of hydrogen-bond acceptors (Lipinski definition) is 2. The molecular weight excluding hydrogens is 174 g/mol. The summed E-state index contributed by atoms with van der Waals surface area (Å²) in [5.41, 5.74) is 4.31. The predicted molar refractivity (Wildman–Crippen MR) is 58.0 cm³/mol. The van der Waals surface area contributed by atoms with Crippen LogP contribution in [0.4, 0.5) is 5.69 Å². The van der Waals surface area contributed by atoms with Crippen molar-refractivity contribution in [3.05, 3.63) is 28.8 Å². The van der Waals surface area contributed by atoms with E-state index in [4.69, 9.17) is 0 Å². The molecule has 2 nitrogen and oxygen atoms in total. The molecule has 0 aromatic heterocycles. The van der Waals surface area contributed by atoms with Crippen LogP contribution in [0.1, 0.15) is 34.3 Å². The monoisotopic (exact) mass is 189 g/mol. The van der Waals surface area contributed by atoms with Gasteiger partial charge in [-0.2, -0.15) is 0 Å². The van der Waals surface area contributed by atoms with Gasteiger partial charge in [0.1, 0.15) is 0 Å². The summed E-state index contributed by atoms with van der Waals surface area (Å²) in [5.74, 6) is 0.271. The van der Waals surface area contributed by atoms with Crippen LogP contribution in [0.3, 0.4) is 0 Å². The number of carbonyl (C=O) groups excluding carboxylic acids is 1. The first-order valence-corrected chi connectivity index (χ1v) is 5.07. The average Bonchev–Trinajstić information content (AvgIpc) is 2.31. The number of carbonyl (C=O) groups is 1. The summed E-state index contributed by atoms with van der Waals surface area (Å²) in [6.07, 6.45) is 1.61. The standard InChI is InChI=1S/C12H15NO/c1-8-6-10-11(7-9(8)2)13-5-3-4-12(10)14/h6-7,13H,3-5H2,1-2H3. The van der Waals surface area contributed by atoms with Crippen molar-refractivity contribution in [2.45, 2.75) is 26.7 Å². The first kappa shape index (κ1) is 9.25. The second-order valence-corrected chi connectivity index (χ2v) is 3.94. The van der Waals surface area contributed by atoms with Crippen LogP contribution >= 0.6 is 0 Å². The van der Waals surface area contributed by atoms with Gasteiger partial charge < -0.3 is 5.32 Å². The third kappa shape index (κ3) is 1.52. The number of Topliss-reactive ketones (excluding diaryl/α,β-unsaturated/α-hetero) is 1. The maximum Gasteiger partial charge on any atom is 0.165 e. The van der Waals surface area contributed by atoms with Crippen molar-refractivity contribution < 1.29 is 4.79 Å². The molecular formula is C12H15NO.